The molecule has 0 aliphatic carbocycles. The number of benzene rings is 3. The van der Waals surface area contributed by atoms with Crippen LogP contribution in [0.4, 0.5) is 0 Å². The Hall–Kier alpha value is -10.3. The van der Waals surface area contributed by atoms with Crippen molar-refractivity contribution in [2.24, 2.45) is 22.2 Å². The summed E-state index contributed by atoms with van der Waals surface area (Å²) in [7, 11) is 0. The van der Waals surface area contributed by atoms with Crippen molar-refractivity contribution >= 4 is 87.8 Å². The Balaban J connectivity index is 1.31. The molecule has 3 heterocycles. The Morgan fingerprint density at radius 2 is 1.30 bits per heavy atom. The maximum atomic E-state index is 15.1. The maximum absolute atomic E-state index is 15.1. The highest BCUT2D eigenvalue weighted by Crippen LogP contribution is 2.23. The van der Waals surface area contributed by atoms with Crippen LogP contribution in [-0.2, 0) is 81.6 Å². The molecule has 0 radical (unpaired) electrons. The van der Waals surface area contributed by atoms with E-state index in [-0.39, 0.29) is 89.0 Å². The van der Waals surface area contributed by atoms with Crippen LogP contribution in [0.2, 0.25) is 0 Å². The average molecular weight is 1370 g/mol. The Labute approximate surface area is 564 Å². The van der Waals surface area contributed by atoms with Crippen molar-refractivity contribution in [1.29, 1.82) is 0 Å². The molecule has 2 aliphatic heterocycles. The molecule has 1 unspecified atom stereocenters. The van der Waals surface area contributed by atoms with Crippen molar-refractivity contribution in [3.05, 3.63) is 102 Å². The molecule has 21 N–H and O–H groups in total. The first-order chi connectivity index (χ1) is 46.9. The van der Waals surface area contributed by atoms with Crippen LogP contribution in [0.15, 0.2) is 90.1 Å². The molecule has 2 saturated heterocycles. The molecule has 33 heteroatoms. The van der Waals surface area contributed by atoms with Gasteiger partial charge in [-0.1, -0.05) is 80.4 Å². The Kier molecular flexibility index (Phi) is 30.1. The van der Waals surface area contributed by atoms with Gasteiger partial charge in [0.15, 0.2) is 5.96 Å². The highest BCUT2D eigenvalue weighted by Gasteiger charge is 2.44. The molecule has 2 fully saturated rings. The molecule has 532 valence electrons. The van der Waals surface area contributed by atoms with E-state index in [0.717, 1.165) is 22.7 Å². The first-order valence-electron chi connectivity index (χ1n) is 32.4. The van der Waals surface area contributed by atoms with Gasteiger partial charge in [-0.3, -0.25) is 62.5 Å². The highest BCUT2D eigenvalue weighted by atomic mass is 16.7. The van der Waals surface area contributed by atoms with Crippen LogP contribution in [-0.4, -0.2) is 207 Å². The number of H-pyrrole nitrogens is 1. The number of hydroxylamine groups is 1. The summed E-state index contributed by atoms with van der Waals surface area (Å²) in [6.45, 7) is 0.451. The van der Waals surface area contributed by atoms with E-state index in [2.05, 4.69) is 63.3 Å². The maximum Gasteiger partial charge on any atom is 0.324 e. The fourth-order valence-corrected chi connectivity index (χ4v) is 11.2. The number of hydrogen-bond acceptors (Lipinski definition) is 19. The molecule has 98 heavy (non-hydrogen) atoms. The van der Waals surface area contributed by atoms with Crippen molar-refractivity contribution in [3.63, 3.8) is 0 Å². The van der Waals surface area contributed by atoms with Crippen molar-refractivity contribution < 1.29 is 82.8 Å². The number of carbonyl (C=O) groups excluding carboxylic acids is 12. The minimum Gasteiger partial charge on any atom is -0.508 e. The van der Waals surface area contributed by atoms with Gasteiger partial charge in [-0.05, 0) is 79.8 Å². The third kappa shape index (κ3) is 23.8. The summed E-state index contributed by atoms with van der Waals surface area (Å²) in [5.41, 5.74) is 21.8. The number of hydrogen-bond donors (Lipinski definition) is 18. The molecule has 4 aromatic rings. The zero-order valence-corrected chi connectivity index (χ0v) is 54.6. The van der Waals surface area contributed by atoms with Crippen molar-refractivity contribution in [2.75, 3.05) is 32.8 Å². The van der Waals surface area contributed by atoms with Crippen LogP contribution >= 0.6 is 0 Å². The van der Waals surface area contributed by atoms with Gasteiger partial charge in [-0.15, -0.1) is 0 Å². The molecule has 11 atom stereocenters. The quantitative estimate of drug-likeness (QED) is 0.0171. The second kappa shape index (κ2) is 38.5. The number of aromatic nitrogens is 1. The summed E-state index contributed by atoms with van der Waals surface area (Å²) in [4.78, 5) is 182. The van der Waals surface area contributed by atoms with Crippen LogP contribution in [0.3, 0.4) is 0 Å². The summed E-state index contributed by atoms with van der Waals surface area (Å²) in [5, 5.41) is 65.2. The predicted octanol–water partition coefficient (Wildman–Crippen LogP) is -4.03. The van der Waals surface area contributed by atoms with Gasteiger partial charge in [0.25, 0.3) is 0 Å². The fourth-order valence-electron chi connectivity index (χ4n) is 11.2. The number of fused-ring (bicyclic) bond motifs is 2. The number of amides is 11. The largest absolute Gasteiger partial charge is 0.508 e. The first kappa shape index (κ1) is 76.8. The monoisotopic (exact) mass is 1370 g/mol. The van der Waals surface area contributed by atoms with Crippen molar-refractivity contribution in [1.82, 2.24) is 63.2 Å². The van der Waals surface area contributed by atoms with E-state index in [1.807, 2.05) is 12.1 Å². The van der Waals surface area contributed by atoms with E-state index in [1.54, 1.807) is 55.6 Å². The molecule has 6 rings (SSSR count). The lowest BCUT2D eigenvalue weighted by Gasteiger charge is -2.31. The lowest BCUT2D eigenvalue weighted by Crippen LogP contribution is -2.61. The Bertz CT molecular complexity index is 3440. The molecular weight excluding hydrogens is 1280 g/mol. The molecule has 3 aromatic carbocycles. The number of phenols is 1. The molecular formula is C65H90N16O17. The standard InChI is InChI=1S/C65H90N16O17/c1-3-4-16-45(75-62(95)52(35-83)80-59(92)48(29-38-20-22-40(85)23-21-38)77-61(94)51(34-82)72-36(2)84)56(89)76-47-24-25-54(87)98-71-27-11-10-18-44(55(66)88)73-60(93)50(30-39-32-70-43-17-9-8-15-42(39)43)78-57(90)46(19-12-26-69-65(67)68)74-58(91)49(28-37-13-6-5-7-14-37)79-63(96)53-31-41(86)33-81(53)64(47)97/h5-9,13-15,17,20-23,32,41,44-53,70-71,82-83,85-86H,3-4,10-12,16,18-19,24-31,33-35H2,1-2H3,(H2,66,88)(H,72,84)(H,73,93)(H,74,91)(H,75,95)(H,76,89)(H,77,94)(H,78,90)(H,79,96)(H,80,92)(H4,67,68,69)/t41?,44-,45-,46-,47-,48-,49+,50-,51-,52-,53-/m0/s1. The van der Waals surface area contributed by atoms with Gasteiger partial charge >= 0.3 is 5.97 Å². The second-order valence-electron chi connectivity index (χ2n) is 24.0. The zero-order valence-electron chi connectivity index (χ0n) is 54.6. The van der Waals surface area contributed by atoms with Gasteiger partial charge in [0.05, 0.1) is 19.3 Å². The van der Waals surface area contributed by atoms with Gasteiger partial charge in [0.2, 0.25) is 65.0 Å². The molecule has 0 bridgehead atoms. The summed E-state index contributed by atoms with van der Waals surface area (Å²) >= 11 is 0. The van der Waals surface area contributed by atoms with Crippen LogP contribution in [0.5, 0.6) is 5.75 Å². The van der Waals surface area contributed by atoms with Gasteiger partial charge < -0.3 is 100 Å². The van der Waals surface area contributed by atoms with E-state index in [9.17, 15) is 73.2 Å². The summed E-state index contributed by atoms with van der Waals surface area (Å²) in [5.74, 6) is -11.6. The van der Waals surface area contributed by atoms with Crippen molar-refractivity contribution in [3.8, 4) is 5.75 Å². The lowest BCUT2D eigenvalue weighted by molar-refractivity contribution is -0.152. The number of nitrogens with one attached hydrogen (secondary N) is 11. The first-order valence-corrected chi connectivity index (χ1v) is 32.4. The van der Waals surface area contributed by atoms with Gasteiger partial charge in [-0.2, -0.15) is 5.48 Å². The number of guanidine groups is 1. The van der Waals surface area contributed by atoms with Crippen LogP contribution in [0.1, 0.15) is 101 Å². The second-order valence-corrected chi connectivity index (χ2v) is 24.0. The highest BCUT2D eigenvalue weighted by molar-refractivity contribution is 6.00. The number of phenolic OH excluding ortho intramolecular Hbond substituents is 1. The number of aliphatic hydroxyl groups excluding tert-OH is 3. The number of carbonyl (C=O) groups is 12. The van der Waals surface area contributed by atoms with Crippen LogP contribution in [0.25, 0.3) is 10.9 Å². The molecule has 0 spiro atoms. The minimum atomic E-state index is -1.81. The number of unbranched alkanes of at least 4 members (excludes halogenated alkanes) is 1. The van der Waals surface area contributed by atoms with E-state index in [0.29, 0.717) is 23.1 Å². The fraction of sp³-hybridized carbons (Fsp3) is 0.492. The molecule has 2 aliphatic rings. The van der Waals surface area contributed by atoms with Gasteiger partial charge in [0.1, 0.15) is 66.2 Å². The number of nitrogens with two attached hydrogens (primary N) is 3. The normalized spacial score (nSPS) is 21.4. The summed E-state index contributed by atoms with van der Waals surface area (Å²) < 4.78 is 0. The van der Waals surface area contributed by atoms with Crippen molar-refractivity contribution in [2.45, 2.75) is 170 Å². The molecule has 33 nitrogen and oxygen atoms in total. The van der Waals surface area contributed by atoms with E-state index < -0.39 is 176 Å². The van der Waals surface area contributed by atoms with E-state index in [4.69, 9.17) is 22.0 Å². The number of para-hydroxylation sites is 1. The summed E-state index contributed by atoms with van der Waals surface area (Å²) in [6.07, 6.45) is -0.715. The average Bonchev–Trinajstić information content (AvgIpc) is 1.64. The topological polar surface area (TPSA) is 525 Å². The SMILES string of the molecule is CCCC[C@H](NC(=O)[C@H](CO)NC(=O)[C@H](Cc1ccc(O)cc1)NC(=O)[C@H](CO)NC(C)=O)C(=O)N[C@H]1CCC(=O)ONCCCC[C@@H](C(N)=O)NC(=O)[C@H](Cc2c[nH]c3ccccc23)NC(=O)[C@H](CCCN=C(N)N)NC(=O)[C@@H](Cc2ccccc2)NC(=O)[C@@H]2CC(O)CN2C1=O. The zero-order chi connectivity index (χ0) is 71.4. The molecule has 1 aromatic heterocycles. The van der Waals surface area contributed by atoms with E-state index >= 15 is 4.79 Å². The number of nitrogens with zero attached hydrogens (tertiary/aromatic N) is 2. The third-order valence-corrected chi connectivity index (χ3v) is 16.4. The van der Waals surface area contributed by atoms with Gasteiger partial charge in [0, 0.05) is 75.8 Å². The van der Waals surface area contributed by atoms with Gasteiger partial charge in [-0.25, -0.2) is 0 Å². The van der Waals surface area contributed by atoms with Crippen LogP contribution < -0.4 is 70.5 Å². The number of aliphatic hydroxyl groups is 3. The summed E-state index contributed by atoms with van der Waals surface area (Å²) in [6, 6.07) is 5.91. The Morgan fingerprint density at radius 3 is 1.97 bits per heavy atom. The molecule has 11 amide bonds. The number of aromatic hydroxyl groups is 1. The number of primary amides is 1. The Morgan fingerprint density at radius 1 is 0.684 bits per heavy atom. The number of aromatic amines is 1. The minimum absolute atomic E-state index is 0.00116. The molecule has 0 saturated carbocycles. The third-order valence-electron chi connectivity index (χ3n) is 16.4. The van der Waals surface area contributed by atoms with Crippen LogP contribution in [0, 0.1) is 0 Å². The lowest BCUT2D eigenvalue weighted by atomic mass is 10.0. The van der Waals surface area contributed by atoms with E-state index in [1.165, 1.54) is 24.3 Å². The smallest absolute Gasteiger partial charge is 0.324 e. The predicted molar refractivity (Wildman–Crippen MR) is 353 cm³/mol. The number of aliphatic imine (C=N–C) groups is 1. The number of rotatable bonds is 25.